The molecule has 0 saturated heterocycles. The lowest BCUT2D eigenvalue weighted by Crippen LogP contribution is -2.39. The van der Waals surface area contributed by atoms with E-state index >= 15 is 0 Å². The van der Waals surface area contributed by atoms with E-state index in [4.69, 9.17) is 0 Å². The van der Waals surface area contributed by atoms with Crippen LogP contribution in [-0.2, 0) is 0 Å². The van der Waals surface area contributed by atoms with Crippen molar-refractivity contribution in [2.24, 2.45) is 5.92 Å². The van der Waals surface area contributed by atoms with Crippen molar-refractivity contribution in [2.45, 2.75) is 38.6 Å². The molecule has 7 heteroatoms. The average Bonchev–Trinajstić information content (AvgIpc) is 2.41. The molecule has 1 aromatic heterocycles. The van der Waals surface area contributed by atoms with E-state index in [2.05, 4.69) is 17.2 Å². The lowest BCUT2D eigenvalue weighted by molar-refractivity contribution is -0.385. The zero-order chi connectivity index (χ0) is 14.7. The van der Waals surface area contributed by atoms with Gasteiger partial charge < -0.3 is 10.3 Å². The zero-order valence-corrected chi connectivity index (χ0v) is 11.2. The molecule has 0 atom stereocenters. The number of aromatic nitrogens is 1. The average molecular weight is 279 g/mol. The summed E-state index contributed by atoms with van der Waals surface area (Å²) >= 11 is 0. The maximum atomic E-state index is 12.0. The van der Waals surface area contributed by atoms with Crippen LogP contribution < -0.4 is 10.9 Å². The van der Waals surface area contributed by atoms with Crippen molar-refractivity contribution in [3.63, 3.8) is 0 Å². The molecule has 2 N–H and O–H groups in total. The molecular weight excluding hydrogens is 262 g/mol. The van der Waals surface area contributed by atoms with Gasteiger partial charge in [0.2, 0.25) is 0 Å². The molecule has 0 unspecified atom stereocenters. The summed E-state index contributed by atoms with van der Waals surface area (Å²) in [5, 5.41) is 13.4. The smallest absolute Gasteiger partial charge is 0.286 e. The lowest BCUT2D eigenvalue weighted by Gasteiger charge is -2.26. The van der Waals surface area contributed by atoms with Gasteiger partial charge in [0.05, 0.1) is 11.1 Å². The number of rotatable bonds is 3. The van der Waals surface area contributed by atoms with E-state index in [1.54, 1.807) is 0 Å². The second kappa shape index (κ2) is 5.85. The molecule has 0 spiro atoms. The molecule has 1 heterocycles. The molecule has 1 aliphatic rings. The van der Waals surface area contributed by atoms with Crippen molar-refractivity contribution >= 4 is 11.6 Å². The molecule has 0 bridgehead atoms. The van der Waals surface area contributed by atoms with Gasteiger partial charge in [-0.1, -0.05) is 6.92 Å². The van der Waals surface area contributed by atoms with Crippen LogP contribution in [0.1, 0.15) is 43.0 Å². The van der Waals surface area contributed by atoms with Gasteiger partial charge in [-0.05, 0) is 31.6 Å². The van der Waals surface area contributed by atoms with E-state index in [1.165, 1.54) is 0 Å². The number of amides is 1. The van der Waals surface area contributed by atoms with Crippen molar-refractivity contribution < 1.29 is 9.72 Å². The quantitative estimate of drug-likeness (QED) is 0.647. The molecule has 2 rings (SSSR count). The summed E-state index contributed by atoms with van der Waals surface area (Å²) < 4.78 is 0. The Morgan fingerprint density at radius 2 is 2.05 bits per heavy atom. The molecule has 7 nitrogen and oxygen atoms in total. The van der Waals surface area contributed by atoms with Crippen LogP contribution in [0.25, 0.3) is 0 Å². The Hall–Kier alpha value is -2.18. The standard InChI is InChI=1S/C13H17N3O4/c1-8-2-4-9(5-3-8)15-13(18)11-6-10(16(19)20)7-14-12(11)17/h6-9H,2-5H2,1H3,(H,14,17)(H,15,18). The number of pyridine rings is 1. The predicted octanol–water partition coefficient (Wildman–Crippen LogP) is 1.59. The van der Waals surface area contributed by atoms with E-state index < -0.39 is 16.4 Å². The van der Waals surface area contributed by atoms with Gasteiger partial charge in [0.15, 0.2) is 0 Å². The maximum absolute atomic E-state index is 12.0. The third kappa shape index (κ3) is 3.23. The Morgan fingerprint density at radius 3 is 2.65 bits per heavy atom. The second-order valence-electron chi connectivity index (χ2n) is 5.29. The minimum Gasteiger partial charge on any atom is -0.349 e. The topological polar surface area (TPSA) is 105 Å². The largest absolute Gasteiger partial charge is 0.349 e. The van der Waals surface area contributed by atoms with Crippen molar-refractivity contribution in [3.8, 4) is 0 Å². The highest BCUT2D eigenvalue weighted by molar-refractivity contribution is 5.94. The Kier molecular flexibility index (Phi) is 4.16. The van der Waals surface area contributed by atoms with E-state index in [0.29, 0.717) is 5.92 Å². The summed E-state index contributed by atoms with van der Waals surface area (Å²) in [5.74, 6) is 0.110. The summed E-state index contributed by atoms with van der Waals surface area (Å²) in [6.07, 6.45) is 4.81. The Morgan fingerprint density at radius 1 is 1.40 bits per heavy atom. The summed E-state index contributed by atoms with van der Waals surface area (Å²) in [7, 11) is 0. The number of hydrogen-bond acceptors (Lipinski definition) is 4. The van der Waals surface area contributed by atoms with Gasteiger partial charge >= 0.3 is 0 Å². The summed E-state index contributed by atoms with van der Waals surface area (Å²) in [5.41, 5.74) is -1.12. The number of hydrogen-bond donors (Lipinski definition) is 2. The highest BCUT2D eigenvalue weighted by Gasteiger charge is 2.22. The summed E-state index contributed by atoms with van der Waals surface area (Å²) in [4.78, 5) is 35.9. The van der Waals surface area contributed by atoms with Gasteiger partial charge in [0.1, 0.15) is 5.56 Å². The van der Waals surface area contributed by atoms with E-state index in [0.717, 1.165) is 37.9 Å². The Bertz CT molecular complexity index is 573. The van der Waals surface area contributed by atoms with E-state index in [9.17, 15) is 19.7 Å². The van der Waals surface area contributed by atoms with Crippen LogP contribution in [0, 0.1) is 16.0 Å². The molecule has 0 radical (unpaired) electrons. The monoisotopic (exact) mass is 279 g/mol. The fraction of sp³-hybridized carbons (Fsp3) is 0.538. The zero-order valence-electron chi connectivity index (χ0n) is 11.2. The minimum absolute atomic E-state index is 0.0392. The molecule has 0 aromatic carbocycles. The highest BCUT2D eigenvalue weighted by atomic mass is 16.6. The normalized spacial score (nSPS) is 22.2. The second-order valence-corrected chi connectivity index (χ2v) is 5.29. The van der Waals surface area contributed by atoms with Crippen molar-refractivity contribution in [3.05, 3.63) is 38.3 Å². The first kappa shape index (κ1) is 14.2. The first-order valence-electron chi connectivity index (χ1n) is 6.65. The predicted molar refractivity (Wildman–Crippen MR) is 72.6 cm³/mol. The molecule has 1 fully saturated rings. The van der Waals surface area contributed by atoms with Crippen LogP contribution >= 0.6 is 0 Å². The van der Waals surface area contributed by atoms with Gasteiger partial charge in [-0.25, -0.2) is 0 Å². The molecule has 0 aliphatic heterocycles. The number of carbonyl (C=O) groups is 1. The Labute approximate surface area is 115 Å². The number of nitro groups is 1. The number of H-pyrrole nitrogens is 1. The summed E-state index contributed by atoms with van der Waals surface area (Å²) in [6.45, 7) is 2.17. The van der Waals surface area contributed by atoms with Crippen LogP contribution in [0.4, 0.5) is 5.69 Å². The van der Waals surface area contributed by atoms with E-state index in [1.807, 2.05) is 0 Å². The summed E-state index contributed by atoms with van der Waals surface area (Å²) in [6, 6.07) is 1.05. The van der Waals surface area contributed by atoms with Gasteiger partial charge in [-0.3, -0.25) is 19.7 Å². The minimum atomic E-state index is -0.644. The van der Waals surface area contributed by atoms with E-state index in [-0.39, 0.29) is 17.3 Å². The third-order valence-corrected chi connectivity index (χ3v) is 3.69. The van der Waals surface area contributed by atoms with Crippen molar-refractivity contribution in [1.29, 1.82) is 0 Å². The van der Waals surface area contributed by atoms with Crippen LogP contribution in [0.2, 0.25) is 0 Å². The third-order valence-electron chi connectivity index (χ3n) is 3.69. The lowest BCUT2D eigenvalue weighted by atomic mass is 9.87. The Balaban J connectivity index is 2.11. The number of nitrogens with one attached hydrogen (secondary N) is 2. The SMILES string of the molecule is CC1CCC(NC(=O)c2cc([N+](=O)[O-])c[nH]c2=O)CC1. The molecule has 20 heavy (non-hydrogen) atoms. The van der Waals surface area contributed by atoms with Gasteiger partial charge in [-0.2, -0.15) is 0 Å². The molecule has 1 amide bonds. The van der Waals surface area contributed by atoms with Crippen molar-refractivity contribution in [2.75, 3.05) is 0 Å². The van der Waals surface area contributed by atoms with Crippen LogP contribution in [0.15, 0.2) is 17.1 Å². The fourth-order valence-corrected chi connectivity index (χ4v) is 2.41. The maximum Gasteiger partial charge on any atom is 0.286 e. The first-order valence-corrected chi connectivity index (χ1v) is 6.65. The van der Waals surface area contributed by atoms with Crippen LogP contribution in [-0.4, -0.2) is 21.9 Å². The fourth-order valence-electron chi connectivity index (χ4n) is 2.41. The van der Waals surface area contributed by atoms with Crippen LogP contribution in [0.3, 0.4) is 0 Å². The highest BCUT2D eigenvalue weighted by Crippen LogP contribution is 2.23. The molecule has 1 aromatic rings. The first-order chi connectivity index (χ1) is 9.47. The van der Waals surface area contributed by atoms with Crippen molar-refractivity contribution in [1.82, 2.24) is 10.3 Å². The van der Waals surface area contributed by atoms with Gasteiger partial charge in [0, 0.05) is 12.1 Å². The number of carbonyl (C=O) groups excluding carboxylic acids is 1. The molecule has 1 saturated carbocycles. The van der Waals surface area contributed by atoms with Gasteiger partial charge in [-0.15, -0.1) is 0 Å². The van der Waals surface area contributed by atoms with Gasteiger partial charge in [0.25, 0.3) is 17.2 Å². The van der Waals surface area contributed by atoms with Crippen LogP contribution in [0.5, 0.6) is 0 Å². The molecule has 1 aliphatic carbocycles. The molecular formula is C13H17N3O4. The number of nitrogens with zero attached hydrogens (tertiary/aromatic N) is 1. The number of aromatic amines is 1. The molecule has 108 valence electrons.